The van der Waals surface area contributed by atoms with E-state index in [1.165, 1.54) is 0 Å². The molecule has 0 radical (unpaired) electrons. The number of carbonyl (C=O) groups is 1. The number of ether oxygens (including phenoxy) is 2. The van der Waals surface area contributed by atoms with Crippen molar-refractivity contribution < 1.29 is 19.4 Å². The lowest BCUT2D eigenvalue weighted by molar-refractivity contribution is -0.129. The van der Waals surface area contributed by atoms with Crippen molar-refractivity contribution in [1.82, 2.24) is 10.9 Å². The third-order valence-corrected chi connectivity index (χ3v) is 7.38. The number of hydrogen-bond acceptors (Lipinski definition) is 6. The Kier molecular flexibility index (Phi) is 9.66. The van der Waals surface area contributed by atoms with Crippen LogP contribution >= 0.6 is 0 Å². The molecule has 1 amide bonds. The number of rotatable bonds is 13. The van der Waals surface area contributed by atoms with E-state index in [4.69, 9.17) is 19.6 Å². The molecule has 5 rings (SSSR count). The number of aryl methyl sites for hydroxylation is 1. The lowest BCUT2D eigenvalue weighted by Crippen LogP contribution is -2.52. The maximum Gasteiger partial charge on any atom is 0.266 e. The van der Waals surface area contributed by atoms with E-state index in [0.29, 0.717) is 31.2 Å². The van der Waals surface area contributed by atoms with E-state index in [0.717, 1.165) is 33.4 Å². The first-order valence-electron chi connectivity index (χ1n) is 14.5. The predicted molar refractivity (Wildman–Crippen MR) is 170 cm³/mol. The van der Waals surface area contributed by atoms with Gasteiger partial charge in [0.15, 0.2) is 11.6 Å². The highest BCUT2D eigenvalue weighted by molar-refractivity contribution is 6.01. The van der Waals surface area contributed by atoms with Crippen molar-refractivity contribution in [2.75, 3.05) is 13.2 Å². The van der Waals surface area contributed by atoms with E-state index in [1.807, 2.05) is 91.9 Å². The van der Waals surface area contributed by atoms with Crippen LogP contribution in [0.3, 0.4) is 0 Å². The van der Waals surface area contributed by atoms with Gasteiger partial charge in [0.2, 0.25) is 5.90 Å². The van der Waals surface area contributed by atoms with Gasteiger partial charge >= 0.3 is 0 Å². The van der Waals surface area contributed by atoms with Crippen molar-refractivity contribution in [2.45, 2.75) is 38.0 Å². The van der Waals surface area contributed by atoms with Crippen LogP contribution in [-0.2, 0) is 16.1 Å². The van der Waals surface area contributed by atoms with E-state index in [2.05, 4.69) is 35.6 Å². The molecule has 4 aromatic rings. The molecule has 4 aromatic carbocycles. The minimum absolute atomic E-state index is 0.0732. The Balaban J connectivity index is 1.44. The highest BCUT2D eigenvalue weighted by Crippen LogP contribution is 2.43. The summed E-state index contributed by atoms with van der Waals surface area (Å²) >= 11 is 0. The number of benzene rings is 4. The van der Waals surface area contributed by atoms with Gasteiger partial charge in [-0.3, -0.25) is 10.2 Å². The first-order valence-corrected chi connectivity index (χ1v) is 14.5. The van der Waals surface area contributed by atoms with Crippen LogP contribution in [0.25, 0.3) is 11.1 Å². The van der Waals surface area contributed by atoms with Gasteiger partial charge in [0, 0.05) is 31.6 Å². The Morgan fingerprint density at radius 3 is 2.40 bits per heavy atom. The lowest BCUT2D eigenvalue weighted by atomic mass is 9.84. The van der Waals surface area contributed by atoms with Crippen LogP contribution in [-0.4, -0.2) is 35.7 Å². The van der Waals surface area contributed by atoms with Gasteiger partial charge in [-0.1, -0.05) is 90.5 Å². The maximum atomic E-state index is 14.0. The van der Waals surface area contributed by atoms with Crippen molar-refractivity contribution in [3.05, 3.63) is 138 Å². The fraction of sp³-hybridized carbons (Fsp3) is 0.222. The van der Waals surface area contributed by atoms with Crippen molar-refractivity contribution in [3.8, 4) is 16.9 Å². The van der Waals surface area contributed by atoms with Gasteiger partial charge in [0.1, 0.15) is 5.75 Å². The van der Waals surface area contributed by atoms with Crippen LogP contribution in [0.2, 0.25) is 0 Å². The van der Waals surface area contributed by atoms with Crippen LogP contribution in [0.1, 0.15) is 41.2 Å². The summed E-state index contributed by atoms with van der Waals surface area (Å²) in [5, 5.41) is 9.03. The second-order valence-corrected chi connectivity index (χ2v) is 10.6. The first kappa shape index (κ1) is 29.8. The Bertz CT molecular complexity index is 1550. The number of aliphatic hydroxyl groups excluding tert-OH is 1. The zero-order valence-electron chi connectivity index (χ0n) is 24.3. The highest BCUT2D eigenvalue weighted by atomic mass is 16.5. The van der Waals surface area contributed by atoms with Crippen molar-refractivity contribution in [2.24, 2.45) is 4.99 Å². The SMILES string of the molecule is C=CC[C@]1(C(=O)NNCc2cccc(C)c2)N=C(c2ccc(OCCCO)cc2)O[C@H]1c1ccc(-c2ccccc2)cc1. The smallest absolute Gasteiger partial charge is 0.266 e. The standard InChI is InChI=1S/C36H37N3O4/c1-3-21-36(35(41)39-37-25-27-10-7-9-26(2)24-27)33(30-15-13-29(14-16-30)28-11-5-4-6-12-28)43-34(38-36)31-17-19-32(20-18-31)42-23-8-22-40/h3-7,9-20,24,33,37,40H,1,8,21-23,25H2,2H3,(H,39,41)/t33-,36-/m0/s1. The van der Waals surface area contributed by atoms with Gasteiger partial charge in [0.25, 0.3) is 5.91 Å². The minimum Gasteiger partial charge on any atom is -0.494 e. The van der Waals surface area contributed by atoms with Crippen molar-refractivity contribution in [1.29, 1.82) is 0 Å². The summed E-state index contributed by atoms with van der Waals surface area (Å²) in [5.74, 6) is 0.741. The second-order valence-electron chi connectivity index (χ2n) is 10.6. The average molecular weight is 576 g/mol. The largest absolute Gasteiger partial charge is 0.494 e. The molecule has 0 aromatic heterocycles. The zero-order valence-corrected chi connectivity index (χ0v) is 24.3. The normalized spacial score (nSPS) is 17.5. The molecule has 0 unspecified atom stereocenters. The van der Waals surface area contributed by atoms with Gasteiger partial charge < -0.3 is 14.6 Å². The fourth-order valence-electron chi connectivity index (χ4n) is 5.17. The van der Waals surface area contributed by atoms with Gasteiger partial charge in [-0.15, -0.1) is 6.58 Å². The number of aliphatic imine (C=N–C) groups is 1. The highest BCUT2D eigenvalue weighted by Gasteiger charge is 2.52. The van der Waals surface area contributed by atoms with Gasteiger partial charge in [0.05, 0.1) is 6.61 Å². The predicted octanol–water partition coefficient (Wildman–Crippen LogP) is 6.08. The van der Waals surface area contributed by atoms with E-state index in [9.17, 15) is 4.79 Å². The summed E-state index contributed by atoms with van der Waals surface area (Å²) in [7, 11) is 0. The number of aliphatic hydroxyl groups is 1. The van der Waals surface area contributed by atoms with Crippen LogP contribution in [0.4, 0.5) is 0 Å². The molecule has 7 heteroatoms. The van der Waals surface area contributed by atoms with Crippen LogP contribution in [0.15, 0.2) is 121 Å². The minimum atomic E-state index is -1.29. The monoisotopic (exact) mass is 575 g/mol. The molecule has 7 nitrogen and oxygen atoms in total. The number of nitrogens with zero attached hydrogens (tertiary/aromatic N) is 1. The van der Waals surface area contributed by atoms with E-state index < -0.39 is 11.6 Å². The van der Waals surface area contributed by atoms with Gasteiger partial charge in [-0.25, -0.2) is 10.4 Å². The van der Waals surface area contributed by atoms with Crippen LogP contribution in [0, 0.1) is 6.92 Å². The van der Waals surface area contributed by atoms with E-state index in [-0.39, 0.29) is 18.9 Å². The van der Waals surface area contributed by atoms with E-state index >= 15 is 0 Å². The lowest BCUT2D eigenvalue weighted by Gasteiger charge is -2.29. The number of hydrogen-bond donors (Lipinski definition) is 3. The number of nitrogens with one attached hydrogen (secondary N) is 2. The Morgan fingerprint density at radius 1 is 0.977 bits per heavy atom. The second kappa shape index (κ2) is 14.0. The maximum absolute atomic E-state index is 14.0. The van der Waals surface area contributed by atoms with Gasteiger partial charge in [-0.2, -0.15) is 0 Å². The molecule has 1 aliphatic heterocycles. The van der Waals surface area contributed by atoms with Crippen molar-refractivity contribution >= 4 is 11.8 Å². The third kappa shape index (κ3) is 7.02. The first-order chi connectivity index (χ1) is 21.0. The Labute approximate surface area is 252 Å². The summed E-state index contributed by atoms with van der Waals surface area (Å²) in [6.07, 6.45) is 1.84. The number of carbonyl (C=O) groups excluding carboxylic acids is 1. The number of hydrazine groups is 1. The average Bonchev–Trinajstić information content (AvgIpc) is 3.43. The molecular weight excluding hydrogens is 538 g/mol. The van der Waals surface area contributed by atoms with Crippen molar-refractivity contribution in [3.63, 3.8) is 0 Å². The topological polar surface area (TPSA) is 92.2 Å². The summed E-state index contributed by atoms with van der Waals surface area (Å²) in [5.41, 5.74) is 10.6. The Hall–Kier alpha value is -4.72. The number of amides is 1. The molecule has 1 aliphatic rings. The van der Waals surface area contributed by atoms with E-state index in [1.54, 1.807) is 6.08 Å². The quantitative estimate of drug-likeness (QED) is 0.102. The molecule has 0 fully saturated rings. The fourth-order valence-corrected chi connectivity index (χ4v) is 5.17. The molecular formula is C36H37N3O4. The molecule has 0 aliphatic carbocycles. The molecule has 0 saturated carbocycles. The van der Waals surface area contributed by atoms with Crippen LogP contribution in [0.5, 0.6) is 5.75 Å². The molecule has 1 heterocycles. The summed E-state index contributed by atoms with van der Waals surface area (Å²) in [6.45, 7) is 6.95. The summed E-state index contributed by atoms with van der Waals surface area (Å²) in [6, 6.07) is 33.7. The van der Waals surface area contributed by atoms with Gasteiger partial charge in [-0.05, 0) is 53.4 Å². The third-order valence-electron chi connectivity index (χ3n) is 7.38. The molecule has 3 N–H and O–H groups in total. The molecule has 0 spiro atoms. The molecule has 0 saturated heterocycles. The molecule has 0 bridgehead atoms. The van der Waals surface area contributed by atoms with Crippen LogP contribution < -0.4 is 15.6 Å². The summed E-state index contributed by atoms with van der Waals surface area (Å²) < 4.78 is 12.2. The Morgan fingerprint density at radius 2 is 1.70 bits per heavy atom. The summed E-state index contributed by atoms with van der Waals surface area (Å²) in [4.78, 5) is 19.0. The molecule has 43 heavy (non-hydrogen) atoms. The molecule has 220 valence electrons. The zero-order chi connectivity index (χ0) is 30.1. The molecule has 2 atom stereocenters.